The summed E-state index contributed by atoms with van der Waals surface area (Å²) in [6.45, 7) is 0. The molecule has 1 aliphatic carbocycles. The highest BCUT2D eigenvalue weighted by Crippen LogP contribution is 2.49. The maximum absolute atomic E-state index is 13.9. The zero-order chi connectivity index (χ0) is 24.2. The van der Waals surface area contributed by atoms with Gasteiger partial charge in [-0.25, -0.2) is 4.98 Å². The summed E-state index contributed by atoms with van der Waals surface area (Å²) in [4.78, 5) is 19.1. The summed E-state index contributed by atoms with van der Waals surface area (Å²) < 4.78 is 5.89. The molecule has 0 saturated carbocycles. The second-order valence-electron chi connectivity index (χ2n) is 9.05. The van der Waals surface area contributed by atoms with Crippen molar-refractivity contribution in [3.63, 3.8) is 0 Å². The van der Waals surface area contributed by atoms with Gasteiger partial charge in [0.1, 0.15) is 5.75 Å². The Balaban J connectivity index is 1.67. The molecule has 0 fully saturated rings. The molecule has 7 rings (SSSR count). The maximum Gasteiger partial charge on any atom is 0.194 e. The van der Waals surface area contributed by atoms with Crippen molar-refractivity contribution in [3.8, 4) is 39.4 Å². The Hall–Kier alpha value is -4.76. The Kier molecular flexibility index (Phi) is 4.52. The van der Waals surface area contributed by atoms with Crippen LogP contribution in [0.3, 0.4) is 0 Å². The molecule has 0 atom stereocenters. The highest BCUT2D eigenvalue weighted by molar-refractivity contribution is 6.28. The second kappa shape index (κ2) is 7.89. The van der Waals surface area contributed by atoms with Crippen LogP contribution in [0, 0.1) is 0 Å². The quantitative estimate of drug-likeness (QED) is 0.267. The van der Waals surface area contributed by atoms with Crippen LogP contribution >= 0.6 is 0 Å². The monoisotopic (exact) mass is 463 g/mol. The van der Waals surface area contributed by atoms with Crippen molar-refractivity contribution in [3.05, 3.63) is 120 Å². The average molecular weight is 464 g/mol. The number of carbonyl (C=O) groups excluding carboxylic acids is 1. The van der Waals surface area contributed by atoms with Gasteiger partial charge >= 0.3 is 0 Å². The molecule has 0 bridgehead atoms. The molecular weight excluding hydrogens is 442 g/mol. The van der Waals surface area contributed by atoms with Crippen LogP contribution in [0.5, 0.6) is 5.75 Å². The van der Waals surface area contributed by atoms with E-state index in [0.29, 0.717) is 5.56 Å². The molecule has 170 valence electrons. The highest BCUT2D eigenvalue weighted by atomic mass is 16.5. The molecule has 0 amide bonds. The van der Waals surface area contributed by atoms with Crippen molar-refractivity contribution >= 4 is 27.3 Å². The fraction of sp³-hybridized carbons (Fsp3) is 0.0303. The predicted octanol–water partition coefficient (Wildman–Crippen LogP) is 7.94. The third-order valence-corrected chi connectivity index (χ3v) is 7.10. The van der Waals surface area contributed by atoms with Gasteiger partial charge < -0.3 is 4.74 Å². The number of carbonyl (C=O) groups is 1. The molecule has 1 aliphatic rings. The Labute approximate surface area is 208 Å². The molecule has 0 radical (unpaired) electrons. The van der Waals surface area contributed by atoms with Crippen LogP contribution in [0.25, 0.3) is 55.2 Å². The Bertz CT molecular complexity index is 1840. The first-order valence-electron chi connectivity index (χ1n) is 12.0. The SMILES string of the molecule is COc1ccc2ccccc2c1-c1nc(-c2ccccc2)cc2c1-c1c(ccc3ccccc13)C2=O. The van der Waals surface area contributed by atoms with E-state index in [9.17, 15) is 4.79 Å². The Morgan fingerprint density at radius 1 is 0.611 bits per heavy atom. The van der Waals surface area contributed by atoms with Gasteiger partial charge in [-0.3, -0.25) is 4.79 Å². The van der Waals surface area contributed by atoms with E-state index in [2.05, 4.69) is 30.3 Å². The van der Waals surface area contributed by atoms with Crippen LogP contribution in [-0.4, -0.2) is 17.9 Å². The average Bonchev–Trinajstić information content (AvgIpc) is 3.24. The van der Waals surface area contributed by atoms with Gasteiger partial charge in [0.2, 0.25) is 0 Å². The zero-order valence-corrected chi connectivity index (χ0v) is 19.7. The van der Waals surface area contributed by atoms with E-state index in [1.165, 1.54) is 0 Å². The van der Waals surface area contributed by atoms with Gasteiger partial charge in [0.15, 0.2) is 5.78 Å². The van der Waals surface area contributed by atoms with Crippen LogP contribution in [-0.2, 0) is 0 Å². The summed E-state index contributed by atoms with van der Waals surface area (Å²) in [5, 5.41) is 4.28. The second-order valence-corrected chi connectivity index (χ2v) is 9.05. The van der Waals surface area contributed by atoms with Crippen molar-refractivity contribution in [1.82, 2.24) is 4.98 Å². The molecule has 3 heteroatoms. The predicted molar refractivity (Wildman–Crippen MR) is 146 cm³/mol. The van der Waals surface area contributed by atoms with E-state index in [1.54, 1.807) is 7.11 Å². The van der Waals surface area contributed by atoms with Crippen LogP contribution in [0.1, 0.15) is 15.9 Å². The molecular formula is C33H21NO2. The first kappa shape index (κ1) is 20.6. The first-order chi connectivity index (χ1) is 17.7. The fourth-order valence-electron chi connectivity index (χ4n) is 5.46. The van der Waals surface area contributed by atoms with Gasteiger partial charge in [-0.05, 0) is 39.7 Å². The molecule has 0 saturated heterocycles. The number of benzene rings is 5. The van der Waals surface area contributed by atoms with Crippen molar-refractivity contribution in [2.24, 2.45) is 0 Å². The Morgan fingerprint density at radius 2 is 1.25 bits per heavy atom. The lowest BCUT2D eigenvalue weighted by Gasteiger charge is -2.17. The molecule has 0 spiro atoms. The molecule has 5 aromatic carbocycles. The normalized spacial score (nSPS) is 12.1. The van der Waals surface area contributed by atoms with Crippen molar-refractivity contribution in [1.29, 1.82) is 0 Å². The molecule has 6 aromatic rings. The highest BCUT2D eigenvalue weighted by Gasteiger charge is 2.33. The largest absolute Gasteiger partial charge is 0.496 e. The minimum absolute atomic E-state index is 0.0331. The van der Waals surface area contributed by atoms with E-state index in [4.69, 9.17) is 9.72 Å². The molecule has 0 unspecified atom stereocenters. The summed E-state index contributed by atoms with van der Waals surface area (Å²) in [7, 11) is 1.68. The van der Waals surface area contributed by atoms with E-state index < -0.39 is 0 Å². The van der Waals surface area contributed by atoms with Crippen molar-refractivity contribution < 1.29 is 9.53 Å². The summed E-state index contributed by atoms with van der Waals surface area (Å²) in [6, 6.07) is 36.5. The molecule has 1 aromatic heterocycles. The molecule has 1 heterocycles. The lowest BCUT2D eigenvalue weighted by atomic mass is 9.91. The number of nitrogens with zero attached hydrogens (tertiary/aromatic N) is 1. The molecule has 0 aliphatic heterocycles. The van der Waals surface area contributed by atoms with Crippen LogP contribution in [0.15, 0.2) is 109 Å². The molecule has 3 nitrogen and oxygen atoms in total. The third kappa shape index (κ3) is 2.93. The fourth-order valence-corrected chi connectivity index (χ4v) is 5.46. The van der Waals surface area contributed by atoms with Crippen LogP contribution in [0.2, 0.25) is 0 Å². The number of methoxy groups -OCH3 is 1. The smallest absolute Gasteiger partial charge is 0.194 e. The molecule has 36 heavy (non-hydrogen) atoms. The lowest BCUT2D eigenvalue weighted by molar-refractivity contribution is 0.104. The van der Waals surface area contributed by atoms with Crippen LogP contribution in [0.4, 0.5) is 0 Å². The van der Waals surface area contributed by atoms with Gasteiger partial charge in [-0.1, -0.05) is 91.0 Å². The van der Waals surface area contributed by atoms with Gasteiger partial charge in [0.05, 0.1) is 24.1 Å². The number of rotatable bonds is 3. The topological polar surface area (TPSA) is 39.2 Å². The number of aromatic nitrogens is 1. The number of hydrogen-bond acceptors (Lipinski definition) is 3. The van der Waals surface area contributed by atoms with Gasteiger partial charge in [-0.2, -0.15) is 0 Å². The summed E-state index contributed by atoms with van der Waals surface area (Å²) in [5.41, 5.74) is 6.63. The standard InChI is InChI=1S/C33H21NO2/c1-36-28-18-16-21-10-6-8-14-24(21)30(28)32-31-26(19-27(34-32)22-11-3-2-4-12-22)33(35)25-17-15-20-9-5-7-13-23(20)29(25)31/h2-19H,1H3. The minimum Gasteiger partial charge on any atom is -0.496 e. The van der Waals surface area contributed by atoms with E-state index in [-0.39, 0.29) is 5.78 Å². The third-order valence-electron chi connectivity index (χ3n) is 7.10. The van der Waals surface area contributed by atoms with E-state index in [0.717, 1.165) is 66.5 Å². The van der Waals surface area contributed by atoms with Crippen molar-refractivity contribution in [2.75, 3.05) is 7.11 Å². The Morgan fingerprint density at radius 3 is 1.97 bits per heavy atom. The maximum atomic E-state index is 13.9. The van der Waals surface area contributed by atoms with E-state index in [1.807, 2.05) is 78.9 Å². The van der Waals surface area contributed by atoms with Gasteiger partial charge in [-0.15, -0.1) is 0 Å². The van der Waals surface area contributed by atoms with E-state index >= 15 is 0 Å². The van der Waals surface area contributed by atoms with Crippen LogP contribution < -0.4 is 4.74 Å². The van der Waals surface area contributed by atoms with Gasteiger partial charge in [0, 0.05) is 27.8 Å². The number of ketones is 1. The number of pyridine rings is 1. The number of fused-ring (bicyclic) bond motifs is 6. The summed E-state index contributed by atoms with van der Waals surface area (Å²) in [5.74, 6) is 0.764. The first-order valence-corrected chi connectivity index (χ1v) is 12.0. The zero-order valence-electron chi connectivity index (χ0n) is 19.7. The lowest BCUT2D eigenvalue weighted by Crippen LogP contribution is -2.00. The van der Waals surface area contributed by atoms with Gasteiger partial charge in [0.25, 0.3) is 0 Å². The minimum atomic E-state index is 0.0331. The summed E-state index contributed by atoms with van der Waals surface area (Å²) in [6.07, 6.45) is 0. The number of hydrogen-bond donors (Lipinski definition) is 0. The summed E-state index contributed by atoms with van der Waals surface area (Å²) >= 11 is 0. The van der Waals surface area contributed by atoms with Crippen molar-refractivity contribution in [2.45, 2.75) is 0 Å². The number of ether oxygens (including phenoxy) is 1. The molecule has 0 N–H and O–H groups in total.